The lowest BCUT2D eigenvalue weighted by Gasteiger charge is -2.28. The van der Waals surface area contributed by atoms with Crippen LogP contribution in [0.4, 0.5) is 0 Å². The highest BCUT2D eigenvalue weighted by Crippen LogP contribution is 2.28. The van der Waals surface area contributed by atoms with Gasteiger partial charge in [-0.1, -0.05) is 0 Å². The molecule has 5 nitrogen and oxygen atoms in total. The minimum atomic E-state index is -0.996. The van der Waals surface area contributed by atoms with Gasteiger partial charge in [-0.05, 0) is 44.7 Å². The van der Waals surface area contributed by atoms with Crippen LogP contribution in [-0.2, 0) is 4.74 Å². The fourth-order valence-corrected chi connectivity index (χ4v) is 2.73. The molecule has 1 aromatic heterocycles. The maximum Gasteiger partial charge on any atom is 0.341 e. The van der Waals surface area contributed by atoms with Crippen molar-refractivity contribution >= 4 is 5.97 Å². The molecule has 1 aliphatic carbocycles. The van der Waals surface area contributed by atoms with Gasteiger partial charge in [0.25, 0.3) is 0 Å². The molecule has 1 saturated carbocycles. The van der Waals surface area contributed by atoms with Gasteiger partial charge in [-0.2, -0.15) is 0 Å². The number of hydrogen-bond acceptors (Lipinski definition) is 4. The summed E-state index contributed by atoms with van der Waals surface area (Å²) in [5.41, 5.74) is 1.61. The second-order valence-electron chi connectivity index (χ2n) is 5.33. The van der Waals surface area contributed by atoms with E-state index in [1.807, 2.05) is 6.92 Å². The van der Waals surface area contributed by atoms with Crippen molar-refractivity contribution in [2.45, 2.75) is 51.7 Å². The van der Waals surface area contributed by atoms with Crippen molar-refractivity contribution in [3.05, 3.63) is 22.9 Å². The lowest BCUT2D eigenvalue weighted by molar-refractivity contribution is 0.0189. The van der Waals surface area contributed by atoms with Crippen LogP contribution in [-0.4, -0.2) is 35.4 Å². The highest BCUT2D eigenvalue weighted by Gasteiger charge is 2.26. The molecule has 1 heterocycles. The number of hydrogen-bond donors (Lipinski definition) is 1. The number of carboxylic acid groups (broad SMARTS) is 1. The number of ether oxygens (including phenoxy) is 2. The Hall–Kier alpha value is -1.62. The Morgan fingerprint density at radius 2 is 2.05 bits per heavy atom. The molecule has 0 saturated heterocycles. The highest BCUT2D eigenvalue weighted by atomic mass is 16.5. The number of rotatable bonds is 4. The molecule has 1 aromatic rings. The average Bonchev–Trinajstić information content (AvgIpc) is 2.37. The molecule has 5 heteroatoms. The van der Waals surface area contributed by atoms with Gasteiger partial charge in [0.1, 0.15) is 11.7 Å². The molecule has 1 aliphatic rings. The van der Waals surface area contributed by atoms with Crippen LogP contribution in [0.1, 0.15) is 47.3 Å². The molecule has 0 amide bonds. The number of aromatic nitrogens is 1. The van der Waals surface area contributed by atoms with Crippen LogP contribution in [0.2, 0.25) is 0 Å². The summed E-state index contributed by atoms with van der Waals surface area (Å²) in [6.07, 6.45) is 3.91. The third-order valence-corrected chi connectivity index (χ3v) is 3.71. The molecule has 1 fully saturated rings. The van der Waals surface area contributed by atoms with Crippen LogP contribution in [0.5, 0.6) is 5.88 Å². The fourth-order valence-electron chi connectivity index (χ4n) is 2.73. The van der Waals surface area contributed by atoms with E-state index >= 15 is 0 Å². The highest BCUT2D eigenvalue weighted by molar-refractivity contribution is 5.91. The Morgan fingerprint density at radius 3 is 2.70 bits per heavy atom. The van der Waals surface area contributed by atoms with Crippen molar-refractivity contribution in [1.82, 2.24) is 4.98 Å². The second kappa shape index (κ2) is 6.22. The second-order valence-corrected chi connectivity index (χ2v) is 5.33. The normalized spacial score (nSPS) is 22.6. The van der Waals surface area contributed by atoms with Crippen LogP contribution in [0.3, 0.4) is 0 Å². The summed E-state index contributed by atoms with van der Waals surface area (Å²) in [4.78, 5) is 15.6. The lowest BCUT2D eigenvalue weighted by atomic mass is 9.95. The van der Waals surface area contributed by atoms with E-state index in [4.69, 9.17) is 9.47 Å². The monoisotopic (exact) mass is 279 g/mol. The molecule has 0 radical (unpaired) electrons. The summed E-state index contributed by atoms with van der Waals surface area (Å²) >= 11 is 0. The zero-order valence-electron chi connectivity index (χ0n) is 12.2. The number of carboxylic acids is 1. The molecule has 0 aliphatic heterocycles. The van der Waals surface area contributed by atoms with Gasteiger partial charge in [0.15, 0.2) is 0 Å². The van der Waals surface area contributed by atoms with Gasteiger partial charge in [-0.15, -0.1) is 0 Å². The van der Waals surface area contributed by atoms with E-state index in [1.165, 1.54) is 0 Å². The van der Waals surface area contributed by atoms with Gasteiger partial charge < -0.3 is 14.6 Å². The molecule has 2 atom stereocenters. The van der Waals surface area contributed by atoms with E-state index in [9.17, 15) is 9.90 Å². The van der Waals surface area contributed by atoms with Gasteiger partial charge >= 0.3 is 5.97 Å². The first-order valence-electron chi connectivity index (χ1n) is 6.92. The third-order valence-electron chi connectivity index (χ3n) is 3.71. The first kappa shape index (κ1) is 14.8. The molecule has 2 rings (SSSR count). The topological polar surface area (TPSA) is 68.7 Å². The van der Waals surface area contributed by atoms with Crippen LogP contribution in [0.25, 0.3) is 0 Å². The molecule has 2 unspecified atom stereocenters. The Balaban J connectivity index is 2.22. The molecule has 110 valence electrons. The largest absolute Gasteiger partial charge is 0.477 e. The summed E-state index contributed by atoms with van der Waals surface area (Å²) in [5.74, 6) is -0.763. The first-order chi connectivity index (χ1) is 9.51. The van der Waals surface area contributed by atoms with Crippen LogP contribution >= 0.6 is 0 Å². The van der Waals surface area contributed by atoms with Crippen molar-refractivity contribution in [3.8, 4) is 5.88 Å². The molecular formula is C15H21NO4. The van der Waals surface area contributed by atoms with Gasteiger partial charge in [0, 0.05) is 19.2 Å². The standard InChI is InChI=1S/C15H21NO4/c1-9-7-10(2)16-14(13(9)15(17)18)20-12-6-4-5-11(8-12)19-3/h7,11-12H,4-6,8H2,1-3H3,(H,17,18). The number of carbonyl (C=O) groups is 1. The van der Waals surface area contributed by atoms with Crippen molar-refractivity contribution < 1.29 is 19.4 Å². The number of pyridine rings is 1. The Labute approximate surface area is 118 Å². The maximum absolute atomic E-state index is 11.4. The fraction of sp³-hybridized carbons (Fsp3) is 0.600. The van der Waals surface area contributed by atoms with Crippen molar-refractivity contribution in [2.75, 3.05) is 7.11 Å². The van der Waals surface area contributed by atoms with E-state index in [2.05, 4.69) is 4.98 Å². The van der Waals surface area contributed by atoms with E-state index in [1.54, 1.807) is 20.1 Å². The van der Waals surface area contributed by atoms with Crippen LogP contribution in [0.15, 0.2) is 6.07 Å². The van der Waals surface area contributed by atoms with E-state index in [-0.39, 0.29) is 23.7 Å². The van der Waals surface area contributed by atoms with Crippen LogP contribution < -0.4 is 4.74 Å². The van der Waals surface area contributed by atoms with Gasteiger partial charge in [0.2, 0.25) is 5.88 Å². The summed E-state index contributed by atoms with van der Waals surface area (Å²) in [6.45, 7) is 3.61. The zero-order chi connectivity index (χ0) is 14.7. The van der Waals surface area contributed by atoms with Gasteiger partial charge in [0.05, 0.1) is 6.10 Å². The summed E-state index contributed by atoms with van der Waals surface area (Å²) in [7, 11) is 1.70. The number of nitrogens with zero attached hydrogens (tertiary/aromatic N) is 1. The molecule has 0 spiro atoms. The van der Waals surface area contributed by atoms with Crippen molar-refractivity contribution in [3.63, 3.8) is 0 Å². The number of aromatic carboxylic acids is 1. The van der Waals surface area contributed by atoms with E-state index < -0.39 is 5.97 Å². The molecule has 20 heavy (non-hydrogen) atoms. The lowest BCUT2D eigenvalue weighted by Crippen LogP contribution is -2.30. The van der Waals surface area contributed by atoms with Gasteiger partial charge in [-0.25, -0.2) is 9.78 Å². The van der Waals surface area contributed by atoms with Crippen molar-refractivity contribution in [1.29, 1.82) is 0 Å². The first-order valence-corrected chi connectivity index (χ1v) is 6.92. The summed E-state index contributed by atoms with van der Waals surface area (Å²) in [5, 5.41) is 9.32. The van der Waals surface area contributed by atoms with E-state index in [0.29, 0.717) is 5.56 Å². The minimum absolute atomic E-state index is 0.0273. The quantitative estimate of drug-likeness (QED) is 0.917. The Kier molecular flexibility index (Phi) is 4.60. The molecule has 0 aromatic carbocycles. The van der Waals surface area contributed by atoms with E-state index in [0.717, 1.165) is 31.4 Å². The Bertz CT molecular complexity index is 501. The summed E-state index contributed by atoms with van der Waals surface area (Å²) in [6, 6.07) is 1.76. The molecule has 1 N–H and O–H groups in total. The van der Waals surface area contributed by atoms with Gasteiger partial charge in [-0.3, -0.25) is 0 Å². The average molecular weight is 279 g/mol. The molecule has 0 bridgehead atoms. The minimum Gasteiger partial charge on any atom is -0.477 e. The Morgan fingerprint density at radius 1 is 1.35 bits per heavy atom. The number of methoxy groups -OCH3 is 1. The predicted octanol–water partition coefficient (Wildman–Crippen LogP) is 2.73. The predicted molar refractivity (Wildman–Crippen MR) is 74.4 cm³/mol. The van der Waals surface area contributed by atoms with Crippen LogP contribution in [0, 0.1) is 13.8 Å². The molecular weight excluding hydrogens is 258 g/mol. The van der Waals surface area contributed by atoms with Crippen molar-refractivity contribution in [2.24, 2.45) is 0 Å². The summed E-state index contributed by atoms with van der Waals surface area (Å²) < 4.78 is 11.2. The third kappa shape index (κ3) is 3.28. The maximum atomic E-state index is 11.4. The SMILES string of the molecule is COC1CCCC(Oc2nc(C)cc(C)c2C(=O)O)C1. The smallest absolute Gasteiger partial charge is 0.341 e. The zero-order valence-corrected chi connectivity index (χ0v) is 12.2. The number of aryl methyl sites for hydroxylation is 2.